The molecule has 6 nitrogen and oxygen atoms in total. The van der Waals surface area contributed by atoms with E-state index in [9.17, 15) is 4.39 Å². The molecular weight excluding hydrogens is 343 g/mol. The van der Waals surface area contributed by atoms with Gasteiger partial charge in [0.2, 0.25) is 5.96 Å². The standard InChI is InChI=1S/C20H23FN6/c1-15-13-26(19-6-4-3-5-16(19)21)11-12-27(15)20-24-18(8-10-25(20)2)17-7-9-22-14-23-17/h3-9,14-15H,10-13H2,1-2H3/t15-/m1/s1. The third-order valence-corrected chi connectivity index (χ3v) is 5.04. The highest BCUT2D eigenvalue weighted by Gasteiger charge is 2.30. The molecule has 1 fully saturated rings. The number of rotatable bonds is 2. The Morgan fingerprint density at radius 1 is 1.15 bits per heavy atom. The summed E-state index contributed by atoms with van der Waals surface area (Å²) < 4.78 is 14.1. The summed E-state index contributed by atoms with van der Waals surface area (Å²) in [6.07, 6.45) is 5.35. The highest BCUT2D eigenvalue weighted by Crippen LogP contribution is 2.25. The Balaban J connectivity index is 1.54. The molecule has 0 spiro atoms. The Hall–Kier alpha value is -2.96. The number of piperazine rings is 1. The lowest BCUT2D eigenvalue weighted by molar-refractivity contribution is 0.263. The molecule has 0 bridgehead atoms. The molecule has 7 heteroatoms. The first-order valence-corrected chi connectivity index (χ1v) is 9.16. The molecule has 0 radical (unpaired) electrons. The summed E-state index contributed by atoms with van der Waals surface area (Å²) in [7, 11) is 2.04. The Kier molecular flexibility index (Phi) is 4.75. The average molecular weight is 366 g/mol. The molecule has 140 valence electrons. The fourth-order valence-corrected chi connectivity index (χ4v) is 3.61. The second kappa shape index (κ2) is 7.34. The molecule has 0 N–H and O–H groups in total. The van der Waals surface area contributed by atoms with Gasteiger partial charge in [-0.05, 0) is 31.2 Å². The maximum Gasteiger partial charge on any atom is 0.202 e. The van der Waals surface area contributed by atoms with Crippen LogP contribution in [0.25, 0.3) is 5.70 Å². The van der Waals surface area contributed by atoms with Gasteiger partial charge < -0.3 is 14.7 Å². The van der Waals surface area contributed by atoms with Gasteiger partial charge in [0, 0.05) is 45.5 Å². The quantitative estimate of drug-likeness (QED) is 0.817. The van der Waals surface area contributed by atoms with Gasteiger partial charge >= 0.3 is 0 Å². The van der Waals surface area contributed by atoms with E-state index in [0.29, 0.717) is 5.69 Å². The van der Waals surface area contributed by atoms with Gasteiger partial charge in [0.05, 0.1) is 17.1 Å². The molecular formula is C20H23FN6. The number of halogens is 1. The number of hydrogen-bond donors (Lipinski definition) is 0. The van der Waals surface area contributed by atoms with Crippen molar-refractivity contribution in [3.63, 3.8) is 0 Å². The van der Waals surface area contributed by atoms with Gasteiger partial charge in [-0.1, -0.05) is 12.1 Å². The Morgan fingerprint density at radius 3 is 2.74 bits per heavy atom. The van der Waals surface area contributed by atoms with Crippen molar-refractivity contribution < 1.29 is 4.39 Å². The first-order chi connectivity index (χ1) is 13.1. The van der Waals surface area contributed by atoms with Gasteiger partial charge in [-0.3, -0.25) is 0 Å². The first-order valence-electron chi connectivity index (χ1n) is 9.16. The predicted molar refractivity (Wildman–Crippen MR) is 105 cm³/mol. The lowest BCUT2D eigenvalue weighted by Crippen LogP contribution is -2.58. The van der Waals surface area contributed by atoms with E-state index in [-0.39, 0.29) is 11.9 Å². The van der Waals surface area contributed by atoms with Crippen LogP contribution < -0.4 is 4.90 Å². The van der Waals surface area contributed by atoms with Crippen molar-refractivity contribution in [2.75, 3.05) is 38.1 Å². The third kappa shape index (κ3) is 3.49. The second-order valence-electron chi connectivity index (χ2n) is 6.92. The number of para-hydroxylation sites is 1. The Morgan fingerprint density at radius 2 is 2.00 bits per heavy atom. The summed E-state index contributed by atoms with van der Waals surface area (Å²) in [5.74, 6) is 0.769. The van der Waals surface area contributed by atoms with E-state index >= 15 is 0 Å². The van der Waals surface area contributed by atoms with Crippen molar-refractivity contribution in [3.8, 4) is 0 Å². The van der Waals surface area contributed by atoms with E-state index < -0.39 is 0 Å². The largest absolute Gasteiger partial charge is 0.365 e. The normalized spacial score (nSPS) is 20.4. The molecule has 3 heterocycles. The lowest BCUT2D eigenvalue weighted by Gasteiger charge is -2.44. The van der Waals surface area contributed by atoms with E-state index in [1.807, 2.05) is 25.2 Å². The van der Waals surface area contributed by atoms with E-state index in [1.165, 1.54) is 6.07 Å². The van der Waals surface area contributed by atoms with Crippen LogP contribution in [-0.4, -0.2) is 65.0 Å². The minimum atomic E-state index is -0.167. The lowest BCUT2D eigenvalue weighted by atomic mass is 10.1. The number of anilines is 1. The first kappa shape index (κ1) is 17.5. The maximum absolute atomic E-state index is 14.1. The summed E-state index contributed by atoms with van der Waals surface area (Å²) in [6, 6.07) is 9.06. The highest BCUT2D eigenvalue weighted by molar-refractivity contribution is 5.88. The summed E-state index contributed by atoms with van der Waals surface area (Å²) in [4.78, 5) is 19.7. The van der Waals surface area contributed by atoms with Crippen molar-refractivity contribution in [1.82, 2.24) is 19.8 Å². The molecule has 0 aliphatic carbocycles. The minimum Gasteiger partial charge on any atom is -0.365 e. The zero-order valence-corrected chi connectivity index (χ0v) is 15.6. The van der Waals surface area contributed by atoms with Crippen molar-refractivity contribution >= 4 is 17.3 Å². The zero-order chi connectivity index (χ0) is 18.8. The van der Waals surface area contributed by atoms with Gasteiger partial charge in [-0.25, -0.2) is 19.4 Å². The van der Waals surface area contributed by atoms with Crippen molar-refractivity contribution in [1.29, 1.82) is 0 Å². The van der Waals surface area contributed by atoms with Crippen LogP contribution in [-0.2, 0) is 0 Å². The fraction of sp³-hybridized carbons (Fsp3) is 0.350. The number of benzene rings is 1. The summed E-state index contributed by atoms with van der Waals surface area (Å²) in [6.45, 7) is 5.23. The molecule has 1 aromatic carbocycles. The minimum absolute atomic E-state index is 0.167. The van der Waals surface area contributed by atoms with Crippen LogP contribution in [0.1, 0.15) is 12.6 Å². The van der Waals surface area contributed by atoms with Crippen LogP contribution in [0.3, 0.4) is 0 Å². The van der Waals surface area contributed by atoms with Crippen molar-refractivity contribution in [2.24, 2.45) is 4.99 Å². The van der Waals surface area contributed by atoms with Gasteiger partial charge in [0.25, 0.3) is 0 Å². The smallest absolute Gasteiger partial charge is 0.202 e. The molecule has 27 heavy (non-hydrogen) atoms. The molecule has 0 amide bonds. The Bertz CT molecular complexity index is 866. The van der Waals surface area contributed by atoms with Gasteiger partial charge in [-0.15, -0.1) is 0 Å². The number of likely N-dealkylation sites (N-methyl/N-ethyl adjacent to an activating group) is 1. The predicted octanol–water partition coefficient (Wildman–Crippen LogP) is 2.47. The monoisotopic (exact) mass is 366 g/mol. The summed E-state index contributed by atoms with van der Waals surface area (Å²) in [5.41, 5.74) is 2.37. The van der Waals surface area contributed by atoms with E-state index in [1.54, 1.807) is 18.6 Å². The number of nitrogens with zero attached hydrogens (tertiary/aromatic N) is 6. The average Bonchev–Trinajstić information content (AvgIpc) is 2.70. The number of aromatic nitrogens is 2. The van der Waals surface area contributed by atoms with E-state index in [4.69, 9.17) is 4.99 Å². The van der Waals surface area contributed by atoms with Crippen molar-refractivity contribution in [3.05, 3.63) is 60.4 Å². The van der Waals surface area contributed by atoms with Crippen LogP contribution in [0, 0.1) is 5.82 Å². The summed E-state index contributed by atoms with van der Waals surface area (Å²) >= 11 is 0. The summed E-state index contributed by atoms with van der Waals surface area (Å²) in [5, 5.41) is 0. The van der Waals surface area contributed by atoms with E-state index in [2.05, 4.69) is 37.7 Å². The number of guanidine groups is 1. The van der Waals surface area contributed by atoms with Gasteiger partial charge in [-0.2, -0.15) is 0 Å². The van der Waals surface area contributed by atoms with E-state index in [0.717, 1.165) is 43.5 Å². The molecule has 1 saturated heterocycles. The zero-order valence-electron chi connectivity index (χ0n) is 15.6. The van der Waals surface area contributed by atoms with Crippen LogP contribution in [0.15, 0.2) is 53.9 Å². The SMILES string of the molecule is C[C@@H]1CN(c2ccccc2F)CCN1C1=NC(c2ccncn2)=CCN1C. The van der Waals surface area contributed by atoms with Crippen LogP contribution in [0.4, 0.5) is 10.1 Å². The highest BCUT2D eigenvalue weighted by atomic mass is 19.1. The molecule has 4 rings (SSSR count). The molecule has 1 aromatic heterocycles. The second-order valence-corrected chi connectivity index (χ2v) is 6.92. The molecule has 2 aromatic rings. The molecule has 2 aliphatic heterocycles. The molecule has 2 aliphatic rings. The fourth-order valence-electron chi connectivity index (χ4n) is 3.61. The number of hydrogen-bond acceptors (Lipinski definition) is 6. The molecule has 0 saturated carbocycles. The van der Waals surface area contributed by atoms with Gasteiger partial charge in [0.15, 0.2) is 0 Å². The van der Waals surface area contributed by atoms with Crippen LogP contribution in [0.2, 0.25) is 0 Å². The van der Waals surface area contributed by atoms with Gasteiger partial charge in [0.1, 0.15) is 12.1 Å². The molecule has 1 atom stereocenters. The Labute approximate surface area is 158 Å². The molecule has 0 unspecified atom stereocenters. The maximum atomic E-state index is 14.1. The van der Waals surface area contributed by atoms with Crippen molar-refractivity contribution in [2.45, 2.75) is 13.0 Å². The van der Waals surface area contributed by atoms with Crippen LogP contribution in [0.5, 0.6) is 0 Å². The number of aliphatic imine (C=N–C) groups is 1. The topological polar surface area (TPSA) is 47.9 Å². The van der Waals surface area contributed by atoms with Crippen LogP contribution >= 0.6 is 0 Å². The third-order valence-electron chi connectivity index (χ3n) is 5.04.